The van der Waals surface area contributed by atoms with Crippen LogP contribution in [-0.2, 0) is 0 Å². The topological polar surface area (TPSA) is 16.4 Å². The molecule has 0 aliphatic heterocycles. The predicted octanol–water partition coefficient (Wildman–Crippen LogP) is 16.0. The zero-order valence-corrected chi connectivity index (χ0v) is 31.4. The number of furan rings is 1. The van der Waals surface area contributed by atoms with Gasteiger partial charge in [-0.05, 0) is 104 Å². The van der Waals surface area contributed by atoms with Gasteiger partial charge in [0.2, 0.25) is 0 Å². The van der Waals surface area contributed by atoms with Gasteiger partial charge in [0.15, 0.2) is 0 Å². The summed E-state index contributed by atoms with van der Waals surface area (Å²) in [6.07, 6.45) is 0. The van der Waals surface area contributed by atoms with Crippen molar-refractivity contribution in [1.82, 2.24) is 0 Å². The smallest absolute Gasteiger partial charge is 0.143 e. The van der Waals surface area contributed by atoms with Crippen LogP contribution in [0.2, 0.25) is 0 Å². The Hall–Kier alpha value is -7.68. The minimum absolute atomic E-state index is 0.113. The summed E-state index contributed by atoms with van der Waals surface area (Å²) in [5, 5.41) is 6.52. The lowest BCUT2D eigenvalue weighted by atomic mass is 9.96. The molecule has 0 unspecified atom stereocenters. The van der Waals surface area contributed by atoms with Gasteiger partial charge in [-0.2, -0.15) is 0 Å². The number of rotatable bonds is 7. The normalized spacial score (nSPS) is 12.4. The molecule has 11 rings (SSSR count). The van der Waals surface area contributed by atoms with Gasteiger partial charge in [-0.15, -0.1) is 0 Å². The first-order valence-electron chi connectivity index (χ1n) is 21.5. The molecule has 0 amide bonds. The van der Waals surface area contributed by atoms with Crippen molar-refractivity contribution in [1.29, 1.82) is 0 Å². The van der Waals surface area contributed by atoms with Gasteiger partial charge >= 0.3 is 0 Å². The maximum absolute atomic E-state index is 9.66. The maximum atomic E-state index is 9.66. The molecule has 10 aromatic carbocycles. The van der Waals surface area contributed by atoms with Crippen molar-refractivity contribution < 1.29 is 9.90 Å². The minimum Gasteiger partial charge on any atom is -0.455 e. The number of hydrogen-bond acceptors (Lipinski definition) is 2. The fourth-order valence-electron chi connectivity index (χ4n) is 8.26. The summed E-state index contributed by atoms with van der Waals surface area (Å²) in [7, 11) is 0. The van der Waals surface area contributed by atoms with Crippen LogP contribution in [0.5, 0.6) is 0 Å². The number of benzene rings is 10. The molecule has 0 atom stereocenters. The van der Waals surface area contributed by atoms with E-state index in [0.717, 1.165) is 76.9 Å². The third kappa shape index (κ3) is 5.91. The van der Waals surface area contributed by atoms with Gasteiger partial charge in [0, 0.05) is 33.1 Å². The summed E-state index contributed by atoms with van der Waals surface area (Å²) in [5.74, 6) is 0. The standard InChI is InChI=1S/C56H37NO/c1-2-11-38(12-3-1)40-25-31-46(32-26-40)57(47-33-27-41(28-34-47)39-21-23-44(24-22-39)49-19-10-15-42-13-4-6-16-48(42)49)54-20-9-8-17-50(54)45-30-35-52-53-36-29-43-14-5-7-18-51(43)56(53)58-55(52)37-45/h1-37H/i27D,28D,33D,34D. The van der Waals surface area contributed by atoms with Crippen LogP contribution in [0.25, 0.3) is 88.0 Å². The van der Waals surface area contributed by atoms with E-state index in [9.17, 15) is 5.48 Å². The molecule has 58 heavy (non-hydrogen) atoms. The molecule has 272 valence electrons. The Bertz CT molecular complexity index is 3470. The quantitative estimate of drug-likeness (QED) is 0.162. The van der Waals surface area contributed by atoms with Gasteiger partial charge in [-0.3, -0.25) is 0 Å². The molecule has 0 bridgehead atoms. The van der Waals surface area contributed by atoms with Crippen LogP contribution >= 0.6 is 0 Å². The van der Waals surface area contributed by atoms with Crippen molar-refractivity contribution >= 4 is 60.5 Å². The van der Waals surface area contributed by atoms with Crippen molar-refractivity contribution in [2.24, 2.45) is 0 Å². The van der Waals surface area contributed by atoms with Gasteiger partial charge in [0.05, 0.1) is 11.2 Å². The van der Waals surface area contributed by atoms with Crippen molar-refractivity contribution in [3.05, 3.63) is 224 Å². The molecule has 0 saturated heterocycles. The summed E-state index contributed by atoms with van der Waals surface area (Å²) in [6.45, 7) is 0. The second-order valence-electron chi connectivity index (χ2n) is 14.6. The average molecular weight is 744 g/mol. The first-order chi connectivity index (χ1) is 30.4. The highest BCUT2D eigenvalue weighted by atomic mass is 16.3. The largest absolute Gasteiger partial charge is 0.455 e. The van der Waals surface area contributed by atoms with Gasteiger partial charge in [-0.25, -0.2) is 0 Å². The molecule has 11 aromatic rings. The zero-order valence-electron chi connectivity index (χ0n) is 35.4. The van der Waals surface area contributed by atoms with Crippen molar-refractivity contribution in [3.63, 3.8) is 0 Å². The molecule has 1 aromatic heterocycles. The lowest BCUT2D eigenvalue weighted by Gasteiger charge is -2.28. The number of anilines is 3. The van der Waals surface area contributed by atoms with E-state index in [2.05, 4.69) is 78.9 Å². The van der Waals surface area contributed by atoms with E-state index in [1.165, 1.54) is 0 Å². The van der Waals surface area contributed by atoms with E-state index in [1.807, 2.05) is 126 Å². The van der Waals surface area contributed by atoms with Crippen LogP contribution in [0.1, 0.15) is 5.48 Å². The first kappa shape index (κ1) is 29.6. The zero-order chi connectivity index (χ0) is 41.9. The monoisotopic (exact) mass is 743 g/mol. The van der Waals surface area contributed by atoms with Gasteiger partial charge in [0.1, 0.15) is 11.2 Å². The number of fused-ring (bicyclic) bond motifs is 6. The van der Waals surface area contributed by atoms with Crippen molar-refractivity contribution in [2.75, 3.05) is 4.90 Å². The molecule has 0 saturated carbocycles. The Morgan fingerprint density at radius 2 is 0.914 bits per heavy atom. The molecule has 0 aliphatic rings. The highest BCUT2D eigenvalue weighted by molar-refractivity contribution is 6.15. The number of para-hydroxylation sites is 1. The Kier molecular flexibility index (Phi) is 7.20. The molecule has 0 radical (unpaired) electrons. The Balaban J connectivity index is 1.06. The second kappa shape index (κ2) is 14.1. The highest BCUT2D eigenvalue weighted by Crippen LogP contribution is 2.44. The number of nitrogens with zero attached hydrogens (tertiary/aromatic N) is 1. The van der Waals surface area contributed by atoms with Crippen LogP contribution in [-0.4, -0.2) is 0 Å². The molecular weight excluding hydrogens is 703 g/mol. The summed E-state index contributed by atoms with van der Waals surface area (Å²) >= 11 is 0. The summed E-state index contributed by atoms with van der Waals surface area (Å²) in [5.41, 5.74) is 9.94. The van der Waals surface area contributed by atoms with Crippen LogP contribution in [0.15, 0.2) is 229 Å². The molecular formula is C56H37NO. The maximum Gasteiger partial charge on any atom is 0.143 e. The minimum atomic E-state index is -0.138. The van der Waals surface area contributed by atoms with E-state index in [0.29, 0.717) is 16.9 Å². The van der Waals surface area contributed by atoms with E-state index < -0.39 is 0 Å². The van der Waals surface area contributed by atoms with Gasteiger partial charge < -0.3 is 9.32 Å². The van der Waals surface area contributed by atoms with E-state index in [-0.39, 0.29) is 35.4 Å². The molecule has 0 fully saturated rings. The SMILES string of the molecule is [2H]c1c([2H])c(N(c2ccc(-c3ccccc3)cc2)c2ccccc2-c2ccc3c(c2)oc2c4ccccc4ccc32)c([2H])c([2H])c1-c1ccc(-c2cccc3ccccc23)cc1. The third-order valence-electron chi connectivity index (χ3n) is 11.2. The summed E-state index contributed by atoms with van der Waals surface area (Å²) in [6, 6.07) is 66.6. The van der Waals surface area contributed by atoms with Crippen LogP contribution in [0, 0.1) is 0 Å². The molecule has 0 aliphatic carbocycles. The lowest BCUT2D eigenvalue weighted by Crippen LogP contribution is -2.11. The van der Waals surface area contributed by atoms with Gasteiger partial charge in [0.25, 0.3) is 0 Å². The summed E-state index contributed by atoms with van der Waals surface area (Å²) < 4.78 is 44.9. The fraction of sp³-hybridized carbons (Fsp3) is 0. The lowest BCUT2D eigenvalue weighted by molar-refractivity contribution is 0.673. The Morgan fingerprint density at radius 3 is 1.72 bits per heavy atom. The van der Waals surface area contributed by atoms with Crippen LogP contribution in [0.4, 0.5) is 17.1 Å². The Morgan fingerprint density at radius 1 is 0.345 bits per heavy atom. The van der Waals surface area contributed by atoms with Crippen LogP contribution in [0.3, 0.4) is 0 Å². The fourth-order valence-corrected chi connectivity index (χ4v) is 8.26. The van der Waals surface area contributed by atoms with Crippen LogP contribution < -0.4 is 4.90 Å². The Labute approximate surface area is 343 Å². The molecule has 2 nitrogen and oxygen atoms in total. The first-order valence-corrected chi connectivity index (χ1v) is 19.5. The van der Waals surface area contributed by atoms with E-state index >= 15 is 0 Å². The van der Waals surface area contributed by atoms with E-state index in [4.69, 9.17) is 4.42 Å². The molecule has 1 heterocycles. The highest BCUT2D eigenvalue weighted by Gasteiger charge is 2.19. The molecule has 0 spiro atoms. The predicted molar refractivity (Wildman–Crippen MR) is 245 cm³/mol. The van der Waals surface area contributed by atoms with E-state index in [1.54, 1.807) is 0 Å². The van der Waals surface area contributed by atoms with Crippen molar-refractivity contribution in [3.8, 4) is 44.5 Å². The number of hydrogen-bond donors (Lipinski definition) is 0. The van der Waals surface area contributed by atoms with Crippen molar-refractivity contribution in [2.45, 2.75) is 0 Å². The average Bonchev–Trinajstić information content (AvgIpc) is 3.71. The molecule has 0 N–H and O–H groups in total. The molecule has 2 heteroatoms. The van der Waals surface area contributed by atoms with Gasteiger partial charge in [-0.1, -0.05) is 176 Å². The second-order valence-corrected chi connectivity index (χ2v) is 14.6. The third-order valence-corrected chi connectivity index (χ3v) is 11.2. The summed E-state index contributed by atoms with van der Waals surface area (Å²) in [4.78, 5) is 1.87.